The Morgan fingerprint density at radius 1 is 0.667 bits per heavy atom. The van der Waals surface area contributed by atoms with Gasteiger partial charge in [-0.05, 0) is 132 Å². The third kappa shape index (κ3) is 14.3. The second kappa shape index (κ2) is 17.8. The van der Waals surface area contributed by atoms with Crippen molar-refractivity contribution in [3.8, 4) is 0 Å². The number of anilines is 1. The van der Waals surface area contributed by atoms with Crippen LogP contribution >= 0.6 is 0 Å². The van der Waals surface area contributed by atoms with E-state index in [1.54, 1.807) is 21.9 Å². The number of carbonyl (C=O) groups excluding carboxylic acids is 5. The lowest BCUT2D eigenvalue weighted by molar-refractivity contribution is -0.163. The molecule has 0 bridgehead atoms. The lowest BCUT2D eigenvalue weighted by atomic mass is 9.86. The molecule has 3 amide bonds. The fraction of sp³-hybridized carbons (Fsp3) is 0.651. The molecule has 0 aliphatic carbocycles. The predicted molar refractivity (Wildman–Crippen MR) is 214 cm³/mol. The van der Waals surface area contributed by atoms with Crippen molar-refractivity contribution in [2.75, 3.05) is 31.5 Å². The largest absolute Gasteiger partial charge is 0.460 e. The number of nitrogens with zero attached hydrogens (tertiary/aromatic N) is 4. The van der Waals surface area contributed by atoms with Gasteiger partial charge >= 0.3 is 24.1 Å². The second-order valence-electron chi connectivity index (χ2n) is 19.2. The molecule has 4 atom stereocenters. The second-order valence-corrected chi connectivity index (χ2v) is 19.2. The highest BCUT2D eigenvalue weighted by atomic mass is 16.6. The summed E-state index contributed by atoms with van der Waals surface area (Å²) in [5, 5.41) is 2.88. The van der Waals surface area contributed by atoms with Crippen LogP contribution in [0.5, 0.6) is 0 Å². The molecule has 314 valence electrons. The van der Waals surface area contributed by atoms with Gasteiger partial charge in [0.25, 0.3) is 5.91 Å². The highest BCUT2D eigenvalue weighted by molar-refractivity contribution is 6.02. The SMILES string of the molecule is CC(C)(C)OC(=O)C(Cc1cccc(NC(=O)c2cnc(CC(C(=O)OC(C)(C)C)C3CCN(C(=O)OC(C)(C)C)C3)cn2)c1)C1CCN(C(=O)OC(C)(C)C)C1. The summed E-state index contributed by atoms with van der Waals surface area (Å²) in [7, 11) is 0. The van der Waals surface area contributed by atoms with Crippen molar-refractivity contribution in [2.45, 2.75) is 131 Å². The van der Waals surface area contributed by atoms with Gasteiger partial charge in [0, 0.05) is 44.5 Å². The molecule has 2 aliphatic rings. The van der Waals surface area contributed by atoms with Gasteiger partial charge in [0.2, 0.25) is 0 Å². The van der Waals surface area contributed by atoms with Crippen LogP contribution in [-0.4, -0.2) is 98.4 Å². The number of amides is 3. The van der Waals surface area contributed by atoms with E-state index in [2.05, 4.69) is 15.3 Å². The first kappa shape index (κ1) is 45.0. The molecule has 2 aliphatic heterocycles. The van der Waals surface area contributed by atoms with Crippen LogP contribution in [-0.2, 0) is 41.4 Å². The van der Waals surface area contributed by atoms with Crippen molar-refractivity contribution in [2.24, 2.45) is 23.7 Å². The first-order valence-corrected chi connectivity index (χ1v) is 19.9. The average Bonchev–Trinajstić information content (AvgIpc) is 3.75. The topological polar surface area (TPSA) is 167 Å². The summed E-state index contributed by atoms with van der Waals surface area (Å²) in [6.07, 6.45) is 3.81. The van der Waals surface area contributed by atoms with Gasteiger partial charge in [0.05, 0.1) is 23.7 Å². The van der Waals surface area contributed by atoms with Gasteiger partial charge in [-0.3, -0.25) is 19.4 Å². The van der Waals surface area contributed by atoms with Crippen LogP contribution in [0.25, 0.3) is 0 Å². The van der Waals surface area contributed by atoms with E-state index < -0.39 is 52.3 Å². The number of carbonyl (C=O) groups is 5. The van der Waals surface area contributed by atoms with Gasteiger partial charge in [0.15, 0.2) is 0 Å². The number of ether oxygens (including phenoxy) is 4. The summed E-state index contributed by atoms with van der Waals surface area (Å²) in [4.78, 5) is 78.1. The molecule has 1 aromatic heterocycles. The summed E-state index contributed by atoms with van der Waals surface area (Å²) >= 11 is 0. The molecule has 2 aromatic rings. The van der Waals surface area contributed by atoms with Crippen molar-refractivity contribution in [1.82, 2.24) is 19.8 Å². The molecule has 14 heteroatoms. The highest BCUT2D eigenvalue weighted by Gasteiger charge is 2.41. The van der Waals surface area contributed by atoms with E-state index in [1.807, 2.05) is 95.2 Å². The molecule has 3 heterocycles. The Hall–Kier alpha value is -4.75. The monoisotopic (exact) mass is 793 g/mol. The summed E-state index contributed by atoms with van der Waals surface area (Å²) < 4.78 is 22.8. The van der Waals surface area contributed by atoms with Gasteiger partial charge in [-0.2, -0.15) is 0 Å². The minimum absolute atomic E-state index is 0.0785. The van der Waals surface area contributed by atoms with E-state index >= 15 is 0 Å². The Morgan fingerprint density at radius 2 is 1.14 bits per heavy atom. The van der Waals surface area contributed by atoms with E-state index in [0.29, 0.717) is 56.8 Å². The van der Waals surface area contributed by atoms with E-state index in [0.717, 1.165) is 5.56 Å². The number of benzene rings is 1. The maximum absolute atomic E-state index is 13.6. The summed E-state index contributed by atoms with van der Waals surface area (Å²) in [5.74, 6) is -2.66. The molecule has 4 unspecified atom stereocenters. The third-order valence-corrected chi connectivity index (χ3v) is 9.32. The number of esters is 2. The lowest BCUT2D eigenvalue weighted by Crippen LogP contribution is -2.38. The van der Waals surface area contributed by atoms with Crippen molar-refractivity contribution in [3.63, 3.8) is 0 Å². The normalized spacial score (nSPS) is 18.7. The molecular weight excluding hydrogens is 730 g/mol. The maximum atomic E-state index is 13.6. The van der Waals surface area contributed by atoms with E-state index in [9.17, 15) is 24.0 Å². The summed E-state index contributed by atoms with van der Waals surface area (Å²) in [6.45, 7) is 23.4. The molecule has 14 nitrogen and oxygen atoms in total. The first-order chi connectivity index (χ1) is 26.2. The van der Waals surface area contributed by atoms with Crippen molar-refractivity contribution in [1.29, 1.82) is 0 Å². The van der Waals surface area contributed by atoms with Crippen LogP contribution in [0.15, 0.2) is 36.7 Å². The lowest BCUT2D eigenvalue weighted by Gasteiger charge is -2.28. The number of likely N-dealkylation sites (tertiary alicyclic amines) is 2. The minimum Gasteiger partial charge on any atom is -0.460 e. The van der Waals surface area contributed by atoms with Gasteiger partial charge in [-0.25, -0.2) is 14.6 Å². The van der Waals surface area contributed by atoms with Crippen LogP contribution < -0.4 is 5.32 Å². The molecule has 1 N–H and O–H groups in total. The molecule has 0 saturated carbocycles. The Labute approximate surface area is 337 Å². The smallest absolute Gasteiger partial charge is 0.410 e. The number of hydrogen-bond donors (Lipinski definition) is 1. The average molecular weight is 794 g/mol. The maximum Gasteiger partial charge on any atom is 0.410 e. The molecule has 2 saturated heterocycles. The van der Waals surface area contributed by atoms with E-state index in [4.69, 9.17) is 18.9 Å². The van der Waals surface area contributed by atoms with Crippen molar-refractivity contribution in [3.05, 3.63) is 53.6 Å². The number of rotatable bonds is 10. The molecule has 2 fully saturated rings. The number of aromatic nitrogens is 2. The zero-order valence-corrected chi connectivity index (χ0v) is 35.9. The third-order valence-electron chi connectivity index (χ3n) is 9.32. The fourth-order valence-electron chi connectivity index (χ4n) is 6.88. The first-order valence-electron chi connectivity index (χ1n) is 19.9. The van der Waals surface area contributed by atoms with E-state index in [1.165, 1.54) is 12.4 Å². The molecule has 0 radical (unpaired) electrons. The van der Waals surface area contributed by atoms with Crippen molar-refractivity contribution >= 4 is 35.7 Å². The molecular formula is C43H63N5O9. The zero-order valence-electron chi connectivity index (χ0n) is 35.9. The van der Waals surface area contributed by atoms with E-state index in [-0.39, 0.29) is 35.9 Å². The van der Waals surface area contributed by atoms with Crippen LogP contribution in [0.4, 0.5) is 15.3 Å². The summed E-state index contributed by atoms with van der Waals surface area (Å²) in [6, 6.07) is 7.25. The van der Waals surface area contributed by atoms with Crippen LogP contribution in [0.2, 0.25) is 0 Å². The standard InChI is InChI=1S/C43H63N5O9/c1-40(2,3)54-36(50)32(28-16-18-47(25-28)38(52)56-42(7,8)9)21-27-14-13-15-30(20-27)46-35(49)34-24-44-31(23-45-34)22-33(37(51)55-41(4,5)6)29-17-19-48(26-29)39(53)57-43(10,11)12/h13-15,20,23-24,28-29,32-33H,16-19,21-22,25-26H2,1-12H3,(H,46,49). The quantitative estimate of drug-likeness (QED) is 0.190. The van der Waals surface area contributed by atoms with Gasteiger partial charge in [0.1, 0.15) is 28.1 Å². The molecule has 1 aromatic carbocycles. The molecule has 0 spiro atoms. The highest BCUT2D eigenvalue weighted by Crippen LogP contribution is 2.32. The Bertz CT molecular complexity index is 1750. The Balaban J connectivity index is 1.44. The van der Waals surface area contributed by atoms with Gasteiger partial charge < -0.3 is 34.1 Å². The summed E-state index contributed by atoms with van der Waals surface area (Å²) in [5.41, 5.74) is -0.769. The predicted octanol–water partition coefficient (Wildman–Crippen LogP) is 7.24. The minimum atomic E-state index is -0.708. The van der Waals surface area contributed by atoms with Crippen LogP contribution in [0, 0.1) is 23.7 Å². The number of nitrogens with one attached hydrogen (secondary N) is 1. The fourth-order valence-corrected chi connectivity index (χ4v) is 6.88. The van der Waals surface area contributed by atoms with Crippen molar-refractivity contribution < 1.29 is 42.9 Å². The molecule has 57 heavy (non-hydrogen) atoms. The Kier molecular flexibility index (Phi) is 14.0. The number of hydrogen-bond acceptors (Lipinski definition) is 11. The van der Waals surface area contributed by atoms with Gasteiger partial charge in [-0.1, -0.05) is 12.1 Å². The Morgan fingerprint density at radius 3 is 1.58 bits per heavy atom. The van der Waals surface area contributed by atoms with Gasteiger partial charge in [-0.15, -0.1) is 0 Å². The zero-order chi connectivity index (χ0) is 42.5. The van der Waals surface area contributed by atoms with Crippen LogP contribution in [0.1, 0.15) is 118 Å². The molecule has 4 rings (SSSR count). The van der Waals surface area contributed by atoms with Crippen LogP contribution in [0.3, 0.4) is 0 Å².